The van der Waals surface area contributed by atoms with Gasteiger partial charge in [0.05, 0.1) is 19.2 Å². The molecule has 15 heavy (non-hydrogen) atoms. The lowest BCUT2D eigenvalue weighted by Crippen LogP contribution is -2.46. The van der Waals surface area contributed by atoms with Crippen molar-refractivity contribution in [1.29, 1.82) is 0 Å². The van der Waals surface area contributed by atoms with E-state index in [2.05, 4.69) is 5.32 Å². The number of aliphatic hydroxyl groups excluding tert-OH is 1. The Morgan fingerprint density at radius 2 is 2.33 bits per heavy atom. The molecule has 3 N–H and O–H groups in total. The van der Waals surface area contributed by atoms with E-state index >= 15 is 0 Å². The molecule has 0 saturated carbocycles. The first-order valence-corrected chi connectivity index (χ1v) is 5.35. The van der Waals surface area contributed by atoms with Crippen LogP contribution in [0.1, 0.15) is 20.3 Å². The number of nitrogens with zero attached hydrogens (tertiary/aromatic N) is 1. The van der Waals surface area contributed by atoms with Gasteiger partial charge in [0.15, 0.2) is 0 Å². The van der Waals surface area contributed by atoms with Crippen LogP contribution in [0.3, 0.4) is 0 Å². The SMILES string of the molecule is CCNC1CCN(CC(C)(O)CO)C1=O. The Kier molecular flexibility index (Phi) is 4.07. The topological polar surface area (TPSA) is 72.8 Å². The van der Waals surface area contributed by atoms with Gasteiger partial charge in [0.25, 0.3) is 0 Å². The fourth-order valence-electron chi connectivity index (χ4n) is 1.79. The van der Waals surface area contributed by atoms with Crippen LogP contribution in [0.25, 0.3) is 0 Å². The summed E-state index contributed by atoms with van der Waals surface area (Å²) in [6.07, 6.45) is 0.772. The molecule has 1 fully saturated rings. The highest BCUT2D eigenvalue weighted by Gasteiger charge is 2.34. The second-order valence-corrected chi connectivity index (χ2v) is 4.31. The molecule has 0 radical (unpaired) electrons. The van der Waals surface area contributed by atoms with Gasteiger partial charge >= 0.3 is 0 Å². The molecule has 5 heteroatoms. The van der Waals surface area contributed by atoms with Crippen LogP contribution in [0.5, 0.6) is 0 Å². The lowest BCUT2D eigenvalue weighted by Gasteiger charge is -2.27. The van der Waals surface area contributed by atoms with Crippen LogP contribution in [-0.2, 0) is 4.79 Å². The Hall–Kier alpha value is -0.650. The van der Waals surface area contributed by atoms with Crippen LogP contribution in [-0.4, -0.2) is 58.9 Å². The maximum absolute atomic E-state index is 11.8. The average molecular weight is 216 g/mol. The number of likely N-dealkylation sites (N-methyl/N-ethyl adjacent to an activating group) is 1. The molecule has 1 heterocycles. The van der Waals surface area contributed by atoms with Crippen molar-refractivity contribution >= 4 is 5.91 Å². The van der Waals surface area contributed by atoms with Gasteiger partial charge in [-0.2, -0.15) is 0 Å². The fourth-order valence-corrected chi connectivity index (χ4v) is 1.79. The van der Waals surface area contributed by atoms with Crippen molar-refractivity contribution in [3.05, 3.63) is 0 Å². The summed E-state index contributed by atoms with van der Waals surface area (Å²) in [5.74, 6) is 0.0191. The van der Waals surface area contributed by atoms with Crippen molar-refractivity contribution in [1.82, 2.24) is 10.2 Å². The highest BCUT2D eigenvalue weighted by atomic mass is 16.3. The third-order valence-corrected chi connectivity index (χ3v) is 2.62. The first kappa shape index (κ1) is 12.4. The van der Waals surface area contributed by atoms with E-state index in [0.29, 0.717) is 6.54 Å². The summed E-state index contributed by atoms with van der Waals surface area (Å²) in [6.45, 7) is 4.76. The van der Waals surface area contributed by atoms with E-state index in [0.717, 1.165) is 13.0 Å². The zero-order chi connectivity index (χ0) is 11.5. The summed E-state index contributed by atoms with van der Waals surface area (Å²) in [5.41, 5.74) is -1.20. The molecule has 0 aromatic rings. The zero-order valence-corrected chi connectivity index (χ0v) is 9.36. The second kappa shape index (κ2) is 4.92. The minimum atomic E-state index is -1.20. The molecule has 0 aliphatic carbocycles. The smallest absolute Gasteiger partial charge is 0.239 e. The van der Waals surface area contributed by atoms with Gasteiger partial charge in [0, 0.05) is 6.54 Å². The fraction of sp³-hybridized carbons (Fsp3) is 0.900. The predicted octanol–water partition coefficient (Wildman–Crippen LogP) is -1.06. The normalized spacial score (nSPS) is 25.7. The molecule has 1 saturated heterocycles. The summed E-state index contributed by atoms with van der Waals surface area (Å²) >= 11 is 0. The van der Waals surface area contributed by atoms with Gasteiger partial charge in [0.1, 0.15) is 5.60 Å². The molecule has 2 atom stereocenters. The van der Waals surface area contributed by atoms with Gasteiger partial charge in [-0.1, -0.05) is 6.92 Å². The third kappa shape index (κ3) is 3.15. The second-order valence-electron chi connectivity index (χ2n) is 4.31. The molecule has 5 nitrogen and oxygen atoms in total. The van der Waals surface area contributed by atoms with Gasteiger partial charge in [-0.25, -0.2) is 0 Å². The van der Waals surface area contributed by atoms with E-state index in [-0.39, 0.29) is 25.1 Å². The maximum Gasteiger partial charge on any atom is 0.239 e. The summed E-state index contributed by atoms with van der Waals surface area (Å²) in [5, 5.41) is 21.7. The number of carbonyl (C=O) groups is 1. The maximum atomic E-state index is 11.8. The largest absolute Gasteiger partial charge is 0.393 e. The van der Waals surface area contributed by atoms with Crippen molar-refractivity contribution in [2.75, 3.05) is 26.2 Å². The Morgan fingerprint density at radius 1 is 1.67 bits per heavy atom. The van der Waals surface area contributed by atoms with Crippen molar-refractivity contribution in [3.63, 3.8) is 0 Å². The Labute approximate surface area is 90.1 Å². The first-order chi connectivity index (χ1) is 7.00. The van der Waals surface area contributed by atoms with E-state index in [1.807, 2.05) is 6.92 Å². The molecule has 1 rings (SSSR count). The Balaban J connectivity index is 2.49. The van der Waals surface area contributed by atoms with Gasteiger partial charge in [-0.3, -0.25) is 4.79 Å². The predicted molar refractivity (Wildman–Crippen MR) is 56.4 cm³/mol. The number of amides is 1. The van der Waals surface area contributed by atoms with Crippen LogP contribution >= 0.6 is 0 Å². The van der Waals surface area contributed by atoms with Crippen LogP contribution in [0.4, 0.5) is 0 Å². The Morgan fingerprint density at radius 3 is 2.87 bits per heavy atom. The van der Waals surface area contributed by atoms with E-state index in [9.17, 15) is 9.90 Å². The number of likely N-dealkylation sites (tertiary alicyclic amines) is 1. The number of nitrogens with one attached hydrogen (secondary N) is 1. The van der Waals surface area contributed by atoms with Crippen molar-refractivity contribution in [2.24, 2.45) is 0 Å². The third-order valence-electron chi connectivity index (χ3n) is 2.62. The van der Waals surface area contributed by atoms with Crippen LogP contribution in [0.2, 0.25) is 0 Å². The van der Waals surface area contributed by atoms with Crippen molar-refractivity contribution < 1.29 is 15.0 Å². The van der Waals surface area contributed by atoms with E-state index < -0.39 is 5.60 Å². The number of rotatable bonds is 5. The molecular formula is C10H20N2O3. The van der Waals surface area contributed by atoms with Gasteiger partial charge < -0.3 is 20.4 Å². The molecule has 0 spiro atoms. The standard InChI is InChI=1S/C10H20N2O3/c1-3-11-8-4-5-12(9(8)14)6-10(2,15)7-13/h8,11,13,15H,3-7H2,1-2H3. The average Bonchev–Trinajstić information content (AvgIpc) is 2.50. The lowest BCUT2D eigenvalue weighted by atomic mass is 10.1. The van der Waals surface area contributed by atoms with Crippen LogP contribution in [0.15, 0.2) is 0 Å². The highest BCUT2D eigenvalue weighted by Crippen LogP contribution is 2.15. The summed E-state index contributed by atoms with van der Waals surface area (Å²) < 4.78 is 0. The van der Waals surface area contributed by atoms with Crippen LogP contribution in [0, 0.1) is 0 Å². The quantitative estimate of drug-likeness (QED) is 0.548. The van der Waals surface area contributed by atoms with Gasteiger partial charge in [0.2, 0.25) is 5.91 Å². The molecule has 0 bridgehead atoms. The minimum absolute atomic E-state index is 0.0191. The summed E-state index contributed by atoms with van der Waals surface area (Å²) in [4.78, 5) is 13.4. The number of hydrogen-bond acceptors (Lipinski definition) is 4. The molecular weight excluding hydrogens is 196 g/mol. The number of hydrogen-bond donors (Lipinski definition) is 3. The number of aliphatic hydroxyl groups is 2. The van der Waals surface area contributed by atoms with E-state index in [1.165, 1.54) is 6.92 Å². The minimum Gasteiger partial charge on any atom is -0.393 e. The van der Waals surface area contributed by atoms with Gasteiger partial charge in [-0.15, -0.1) is 0 Å². The molecule has 88 valence electrons. The Bertz CT molecular complexity index is 231. The lowest BCUT2D eigenvalue weighted by molar-refractivity contribution is -0.133. The van der Waals surface area contributed by atoms with E-state index in [4.69, 9.17) is 5.11 Å². The first-order valence-electron chi connectivity index (χ1n) is 5.35. The monoisotopic (exact) mass is 216 g/mol. The molecule has 1 amide bonds. The number of carbonyl (C=O) groups excluding carboxylic acids is 1. The molecule has 1 aliphatic rings. The molecule has 1 aliphatic heterocycles. The number of β-amino-alcohol motifs (C(OH)–C–C–N with tert-alkyl or cyclic N) is 1. The van der Waals surface area contributed by atoms with Crippen LogP contribution < -0.4 is 5.32 Å². The molecule has 0 aromatic carbocycles. The summed E-state index contributed by atoms with van der Waals surface area (Å²) in [6, 6.07) is -0.121. The highest BCUT2D eigenvalue weighted by molar-refractivity contribution is 5.84. The molecule has 2 unspecified atom stereocenters. The summed E-state index contributed by atoms with van der Waals surface area (Å²) in [7, 11) is 0. The molecule has 0 aromatic heterocycles. The van der Waals surface area contributed by atoms with Crippen molar-refractivity contribution in [3.8, 4) is 0 Å². The van der Waals surface area contributed by atoms with Gasteiger partial charge in [-0.05, 0) is 19.9 Å². The zero-order valence-electron chi connectivity index (χ0n) is 9.36. The van der Waals surface area contributed by atoms with E-state index in [1.54, 1.807) is 4.90 Å². The van der Waals surface area contributed by atoms with Crippen molar-refractivity contribution in [2.45, 2.75) is 31.9 Å².